The highest BCUT2D eigenvalue weighted by molar-refractivity contribution is 5.91. The molecule has 0 spiro atoms. The number of carbonyl (C=O) groups excluding carboxylic acids is 1. The van der Waals surface area contributed by atoms with Gasteiger partial charge in [-0.25, -0.2) is 4.39 Å². The molecule has 1 aromatic carbocycles. The van der Waals surface area contributed by atoms with E-state index in [0.717, 1.165) is 5.56 Å². The van der Waals surface area contributed by atoms with Crippen LogP contribution in [0.4, 0.5) is 10.2 Å². The Morgan fingerprint density at radius 2 is 2.22 bits per heavy atom. The number of aromatic nitrogens is 1. The van der Waals surface area contributed by atoms with Crippen LogP contribution in [0.5, 0.6) is 0 Å². The molecule has 0 aliphatic carbocycles. The standard InChI is InChI=1S/C16H18FN3O3/c1-11-8-15(19-23-11)18-16(21)10-20-6-7-22-14(9-20)12-2-4-13(17)5-3-12/h2-5,8,14H,6-7,9-10H2,1H3,(H,18,19,21)/t14-/m1/s1. The minimum absolute atomic E-state index is 0.155. The van der Waals surface area contributed by atoms with Gasteiger partial charge in [0.1, 0.15) is 11.6 Å². The van der Waals surface area contributed by atoms with Gasteiger partial charge in [-0.2, -0.15) is 0 Å². The van der Waals surface area contributed by atoms with Crippen LogP contribution in [-0.2, 0) is 9.53 Å². The summed E-state index contributed by atoms with van der Waals surface area (Å²) in [5.74, 6) is 0.626. The van der Waals surface area contributed by atoms with Gasteiger partial charge in [0.15, 0.2) is 5.82 Å². The SMILES string of the molecule is Cc1cc(NC(=O)CN2CCO[C@@H](c3ccc(F)cc3)C2)no1. The number of benzene rings is 1. The van der Waals surface area contributed by atoms with Crippen molar-refractivity contribution in [1.82, 2.24) is 10.1 Å². The number of halogens is 1. The van der Waals surface area contributed by atoms with Crippen molar-refractivity contribution < 1.29 is 18.4 Å². The van der Waals surface area contributed by atoms with Crippen molar-refractivity contribution in [1.29, 1.82) is 0 Å². The van der Waals surface area contributed by atoms with Crippen LogP contribution in [0.1, 0.15) is 17.4 Å². The third-order valence-electron chi connectivity index (χ3n) is 3.66. The molecule has 1 aromatic heterocycles. The van der Waals surface area contributed by atoms with Gasteiger partial charge in [-0.15, -0.1) is 0 Å². The van der Waals surface area contributed by atoms with Crippen molar-refractivity contribution in [2.24, 2.45) is 0 Å². The lowest BCUT2D eigenvalue weighted by Gasteiger charge is -2.32. The van der Waals surface area contributed by atoms with Gasteiger partial charge in [-0.3, -0.25) is 9.69 Å². The van der Waals surface area contributed by atoms with Crippen LogP contribution in [0.15, 0.2) is 34.9 Å². The van der Waals surface area contributed by atoms with Gasteiger partial charge in [0.2, 0.25) is 5.91 Å². The van der Waals surface area contributed by atoms with Crippen LogP contribution in [0, 0.1) is 12.7 Å². The van der Waals surface area contributed by atoms with E-state index in [1.165, 1.54) is 12.1 Å². The fourth-order valence-electron chi connectivity index (χ4n) is 2.54. The first-order valence-electron chi connectivity index (χ1n) is 7.43. The molecule has 1 amide bonds. The molecule has 0 radical (unpaired) electrons. The first-order chi connectivity index (χ1) is 11.1. The summed E-state index contributed by atoms with van der Waals surface area (Å²) >= 11 is 0. The number of rotatable bonds is 4. The van der Waals surface area contributed by atoms with E-state index >= 15 is 0 Å². The fourth-order valence-corrected chi connectivity index (χ4v) is 2.54. The highest BCUT2D eigenvalue weighted by Gasteiger charge is 2.23. The largest absolute Gasteiger partial charge is 0.371 e. The van der Waals surface area contributed by atoms with E-state index in [1.807, 2.05) is 4.90 Å². The Morgan fingerprint density at radius 3 is 2.91 bits per heavy atom. The average Bonchev–Trinajstić information content (AvgIpc) is 2.93. The maximum Gasteiger partial charge on any atom is 0.239 e. The van der Waals surface area contributed by atoms with Crippen molar-refractivity contribution in [2.75, 3.05) is 31.6 Å². The summed E-state index contributed by atoms with van der Waals surface area (Å²) in [7, 11) is 0. The predicted octanol–water partition coefficient (Wildman–Crippen LogP) is 2.13. The lowest BCUT2D eigenvalue weighted by atomic mass is 10.1. The van der Waals surface area contributed by atoms with Crippen molar-refractivity contribution in [2.45, 2.75) is 13.0 Å². The van der Waals surface area contributed by atoms with Gasteiger partial charge in [0, 0.05) is 19.2 Å². The molecule has 0 unspecified atom stereocenters. The zero-order valence-electron chi connectivity index (χ0n) is 12.8. The Morgan fingerprint density at radius 1 is 1.43 bits per heavy atom. The predicted molar refractivity (Wildman–Crippen MR) is 81.4 cm³/mol. The third kappa shape index (κ3) is 4.14. The first-order valence-corrected chi connectivity index (χ1v) is 7.43. The molecule has 2 aromatic rings. The van der Waals surface area contributed by atoms with Crippen LogP contribution in [0.2, 0.25) is 0 Å². The molecule has 3 rings (SSSR count). The van der Waals surface area contributed by atoms with E-state index in [9.17, 15) is 9.18 Å². The van der Waals surface area contributed by atoms with Gasteiger partial charge in [-0.05, 0) is 24.6 Å². The number of hydrogen-bond acceptors (Lipinski definition) is 5. The first kappa shape index (κ1) is 15.6. The second-order valence-corrected chi connectivity index (χ2v) is 5.52. The number of nitrogens with zero attached hydrogens (tertiary/aromatic N) is 2. The molecule has 1 saturated heterocycles. The van der Waals surface area contributed by atoms with Gasteiger partial charge < -0.3 is 14.6 Å². The van der Waals surface area contributed by atoms with Crippen molar-refractivity contribution >= 4 is 11.7 Å². The minimum atomic E-state index is -0.274. The summed E-state index contributed by atoms with van der Waals surface area (Å²) in [5.41, 5.74) is 0.906. The summed E-state index contributed by atoms with van der Waals surface area (Å²) in [6.45, 7) is 3.78. The Kier molecular flexibility index (Phi) is 4.68. The molecule has 1 N–H and O–H groups in total. The smallest absolute Gasteiger partial charge is 0.239 e. The van der Waals surface area contributed by atoms with Crippen LogP contribution in [-0.4, -0.2) is 42.2 Å². The number of anilines is 1. The van der Waals surface area contributed by atoms with E-state index in [0.29, 0.717) is 31.3 Å². The number of aryl methyl sites for hydroxylation is 1. The van der Waals surface area contributed by atoms with Crippen molar-refractivity contribution in [3.63, 3.8) is 0 Å². The Balaban J connectivity index is 1.55. The average molecular weight is 319 g/mol. The van der Waals surface area contributed by atoms with Crippen molar-refractivity contribution in [3.8, 4) is 0 Å². The lowest BCUT2D eigenvalue weighted by molar-refractivity contribution is -0.119. The molecule has 122 valence electrons. The molecule has 7 heteroatoms. The number of amides is 1. The van der Waals surface area contributed by atoms with Gasteiger partial charge in [0.25, 0.3) is 0 Å². The van der Waals surface area contributed by atoms with Crippen molar-refractivity contribution in [3.05, 3.63) is 47.5 Å². The summed E-state index contributed by atoms with van der Waals surface area (Å²) < 4.78 is 23.6. The van der Waals surface area contributed by atoms with E-state index < -0.39 is 0 Å². The molecule has 0 bridgehead atoms. The van der Waals surface area contributed by atoms with E-state index in [1.54, 1.807) is 25.1 Å². The zero-order chi connectivity index (χ0) is 16.2. The monoisotopic (exact) mass is 319 g/mol. The van der Waals surface area contributed by atoms with Crippen LogP contribution in [0.3, 0.4) is 0 Å². The quantitative estimate of drug-likeness (QED) is 0.935. The summed E-state index contributed by atoms with van der Waals surface area (Å²) in [4.78, 5) is 14.1. The Bertz CT molecular complexity index is 671. The van der Waals surface area contributed by atoms with E-state index in [2.05, 4.69) is 10.5 Å². The van der Waals surface area contributed by atoms with Gasteiger partial charge in [-0.1, -0.05) is 17.3 Å². The topological polar surface area (TPSA) is 67.6 Å². The second-order valence-electron chi connectivity index (χ2n) is 5.52. The van der Waals surface area contributed by atoms with Gasteiger partial charge >= 0.3 is 0 Å². The number of ether oxygens (including phenoxy) is 1. The number of morpholine rings is 1. The molecular formula is C16H18FN3O3. The molecule has 23 heavy (non-hydrogen) atoms. The second kappa shape index (κ2) is 6.89. The fraction of sp³-hybridized carbons (Fsp3) is 0.375. The Labute approximate surface area is 133 Å². The zero-order valence-corrected chi connectivity index (χ0v) is 12.8. The molecular weight excluding hydrogens is 301 g/mol. The van der Waals surface area contributed by atoms with Crippen LogP contribution >= 0.6 is 0 Å². The molecule has 6 nitrogen and oxygen atoms in total. The number of carbonyl (C=O) groups is 1. The highest BCUT2D eigenvalue weighted by atomic mass is 19.1. The number of nitrogens with one attached hydrogen (secondary N) is 1. The molecule has 1 atom stereocenters. The summed E-state index contributed by atoms with van der Waals surface area (Å²) in [5, 5.41) is 6.43. The van der Waals surface area contributed by atoms with E-state index in [-0.39, 0.29) is 24.4 Å². The maximum atomic E-state index is 13.0. The highest BCUT2D eigenvalue weighted by Crippen LogP contribution is 2.22. The number of hydrogen-bond donors (Lipinski definition) is 1. The lowest BCUT2D eigenvalue weighted by Crippen LogP contribution is -2.42. The van der Waals surface area contributed by atoms with Crippen LogP contribution in [0.25, 0.3) is 0 Å². The summed E-state index contributed by atoms with van der Waals surface area (Å²) in [6, 6.07) is 7.91. The summed E-state index contributed by atoms with van der Waals surface area (Å²) in [6.07, 6.45) is -0.161. The normalized spacial score (nSPS) is 18.8. The Hall–Kier alpha value is -2.25. The van der Waals surface area contributed by atoms with Gasteiger partial charge in [0.05, 0.1) is 19.3 Å². The maximum absolute atomic E-state index is 13.0. The van der Waals surface area contributed by atoms with E-state index in [4.69, 9.17) is 9.26 Å². The molecule has 1 aliphatic rings. The molecule has 0 saturated carbocycles. The molecule has 1 aliphatic heterocycles. The third-order valence-corrected chi connectivity index (χ3v) is 3.66. The molecule has 2 heterocycles. The molecule has 1 fully saturated rings. The minimum Gasteiger partial charge on any atom is -0.371 e. The van der Waals surface area contributed by atoms with Crippen LogP contribution < -0.4 is 5.32 Å².